The molecule has 0 radical (unpaired) electrons. The van der Waals surface area contributed by atoms with Gasteiger partial charge < -0.3 is 4.74 Å². The van der Waals surface area contributed by atoms with Crippen molar-refractivity contribution in [2.75, 3.05) is 13.2 Å². The normalized spacial score (nSPS) is 10.6. The first-order valence-corrected chi connectivity index (χ1v) is 7.41. The van der Waals surface area contributed by atoms with Crippen LogP contribution in [0.4, 0.5) is 0 Å². The van der Waals surface area contributed by atoms with Crippen molar-refractivity contribution in [3.63, 3.8) is 0 Å². The molecule has 0 spiro atoms. The van der Waals surface area contributed by atoms with Gasteiger partial charge in [0.25, 0.3) is 0 Å². The Hall–Kier alpha value is -0.640. The largest absolute Gasteiger partial charge is 0.381 e. The van der Waals surface area contributed by atoms with Gasteiger partial charge >= 0.3 is 0 Å². The van der Waals surface area contributed by atoms with Crippen molar-refractivity contribution in [3.05, 3.63) is 56.7 Å². The summed E-state index contributed by atoms with van der Waals surface area (Å²) >= 11 is 5.21. The van der Waals surface area contributed by atoms with Gasteiger partial charge in [0.15, 0.2) is 0 Å². The first kappa shape index (κ1) is 12.8. The van der Waals surface area contributed by atoms with Crippen molar-refractivity contribution in [3.8, 4) is 0 Å². The van der Waals surface area contributed by atoms with Crippen LogP contribution in [-0.4, -0.2) is 13.2 Å². The van der Waals surface area contributed by atoms with Gasteiger partial charge in [-0.05, 0) is 52.9 Å². The van der Waals surface area contributed by atoms with Crippen LogP contribution in [0.15, 0.2) is 45.6 Å². The second-order valence-electron chi connectivity index (χ2n) is 3.87. The van der Waals surface area contributed by atoms with Crippen LogP contribution in [-0.2, 0) is 17.6 Å². The molecule has 0 bridgehead atoms. The van der Waals surface area contributed by atoms with E-state index in [0.717, 1.165) is 30.5 Å². The summed E-state index contributed by atoms with van der Waals surface area (Å²) in [6, 6.07) is 10.5. The molecule has 17 heavy (non-hydrogen) atoms. The van der Waals surface area contributed by atoms with Crippen LogP contribution in [0, 0.1) is 0 Å². The molecule has 1 aromatic heterocycles. The summed E-state index contributed by atoms with van der Waals surface area (Å²) < 4.78 is 6.77. The van der Waals surface area contributed by atoms with Gasteiger partial charge in [-0.1, -0.05) is 28.1 Å². The van der Waals surface area contributed by atoms with Crippen LogP contribution in [0.2, 0.25) is 0 Å². The third-order valence-electron chi connectivity index (χ3n) is 2.54. The Morgan fingerprint density at radius 2 is 1.88 bits per heavy atom. The van der Waals surface area contributed by atoms with Gasteiger partial charge in [0, 0.05) is 4.47 Å². The van der Waals surface area contributed by atoms with E-state index >= 15 is 0 Å². The lowest BCUT2D eigenvalue weighted by Gasteiger charge is -2.04. The molecule has 0 atom stereocenters. The molecular formula is C14H15BrOS. The Morgan fingerprint density at radius 3 is 2.59 bits per heavy atom. The highest BCUT2D eigenvalue weighted by molar-refractivity contribution is 9.10. The highest BCUT2D eigenvalue weighted by Crippen LogP contribution is 2.12. The molecule has 3 heteroatoms. The van der Waals surface area contributed by atoms with Gasteiger partial charge in [-0.3, -0.25) is 0 Å². The highest BCUT2D eigenvalue weighted by atomic mass is 79.9. The topological polar surface area (TPSA) is 9.23 Å². The average Bonchev–Trinajstić information content (AvgIpc) is 2.82. The van der Waals surface area contributed by atoms with E-state index < -0.39 is 0 Å². The van der Waals surface area contributed by atoms with Gasteiger partial charge in [-0.25, -0.2) is 0 Å². The monoisotopic (exact) mass is 310 g/mol. The molecule has 0 amide bonds. The van der Waals surface area contributed by atoms with E-state index in [2.05, 4.69) is 51.0 Å². The molecule has 0 saturated carbocycles. The predicted octanol–water partition coefficient (Wildman–Crippen LogP) is 4.31. The lowest BCUT2D eigenvalue weighted by atomic mass is 10.2. The third-order valence-corrected chi connectivity index (χ3v) is 3.76. The van der Waals surface area contributed by atoms with Gasteiger partial charge in [0.1, 0.15) is 0 Å². The number of rotatable bonds is 6. The average molecular weight is 311 g/mol. The lowest BCUT2D eigenvalue weighted by molar-refractivity contribution is 0.140. The van der Waals surface area contributed by atoms with E-state index in [9.17, 15) is 0 Å². The van der Waals surface area contributed by atoms with Crippen molar-refractivity contribution in [1.29, 1.82) is 0 Å². The molecule has 0 unspecified atom stereocenters. The minimum atomic E-state index is 0.792. The summed E-state index contributed by atoms with van der Waals surface area (Å²) in [5.74, 6) is 0. The Balaban J connectivity index is 1.63. The molecule has 2 rings (SSSR count). The quantitative estimate of drug-likeness (QED) is 0.722. The fourth-order valence-electron chi connectivity index (χ4n) is 1.61. The number of ether oxygens (including phenoxy) is 1. The summed E-state index contributed by atoms with van der Waals surface area (Å²) in [4.78, 5) is 0. The van der Waals surface area contributed by atoms with Gasteiger partial charge in [0.2, 0.25) is 0 Å². The maximum Gasteiger partial charge on any atom is 0.0506 e. The minimum absolute atomic E-state index is 0.792. The second-order valence-corrected chi connectivity index (χ2v) is 5.57. The fraction of sp³-hybridized carbons (Fsp3) is 0.286. The molecular weight excluding hydrogens is 296 g/mol. The SMILES string of the molecule is Brc1cccc(CCOCCc2ccsc2)c1. The molecule has 0 aliphatic heterocycles. The Labute approximate surface area is 115 Å². The van der Waals surface area contributed by atoms with Crippen LogP contribution in [0.1, 0.15) is 11.1 Å². The molecule has 0 saturated heterocycles. The Morgan fingerprint density at radius 1 is 1.06 bits per heavy atom. The Bertz CT molecular complexity index is 439. The first-order chi connectivity index (χ1) is 8.34. The number of hydrogen-bond donors (Lipinski definition) is 0. The zero-order valence-electron chi connectivity index (χ0n) is 9.56. The molecule has 2 aromatic rings. The molecule has 0 N–H and O–H groups in total. The van der Waals surface area contributed by atoms with E-state index in [1.165, 1.54) is 11.1 Å². The van der Waals surface area contributed by atoms with Gasteiger partial charge in [-0.15, -0.1) is 0 Å². The van der Waals surface area contributed by atoms with E-state index in [0.29, 0.717) is 0 Å². The van der Waals surface area contributed by atoms with Crippen LogP contribution in [0.3, 0.4) is 0 Å². The molecule has 0 fully saturated rings. The molecule has 0 aliphatic carbocycles. The molecule has 1 nitrogen and oxygen atoms in total. The summed E-state index contributed by atoms with van der Waals surface area (Å²) in [5, 5.41) is 4.29. The summed E-state index contributed by atoms with van der Waals surface area (Å²) in [6.07, 6.45) is 1.99. The van der Waals surface area contributed by atoms with Crippen LogP contribution in [0.25, 0.3) is 0 Å². The van der Waals surface area contributed by atoms with Gasteiger partial charge in [-0.2, -0.15) is 11.3 Å². The predicted molar refractivity (Wildman–Crippen MR) is 76.7 cm³/mol. The van der Waals surface area contributed by atoms with Crippen LogP contribution in [0.5, 0.6) is 0 Å². The summed E-state index contributed by atoms with van der Waals surface area (Å²) in [6.45, 7) is 1.60. The number of hydrogen-bond acceptors (Lipinski definition) is 2. The summed E-state index contributed by atoms with van der Waals surface area (Å²) in [7, 11) is 0. The van der Waals surface area contributed by atoms with Crippen molar-refractivity contribution in [2.24, 2.45) is 0 Å². The zero-order valence-corrected chi connectivity index (χ0v) is 12.0. The number of halogens is 1. The third kappa shape index (κ3) is 4.62. The maximum absolute atomic E-state index is 5.64. The van der Waals surface area contributed by atoms with E-state index in [1.807, 2.05) is 6.07 Å². The molecule has 1 heterocycles. The lowest BCUT2D eigenvalue weighted by Crippen LogP contribution is -2.02. The molecule has 90 valence electrons. The van der Waals surface area contributed by atoms with E-state index in [1.54, 1.807) is 11.3 Å². The zero-order chi connectivity index (χ0) is 11.9. The first-order valence-electron chi connectivity index (χ1n) is 5.68. The highest BCUT2D eigenvalue weighted by Gasteiger charge is 1.96. The van der Waals surface area contributed by atoms with Crippen molar-refractivity contribution in [2.45, 2.75) is 12.8 Å². The Kier molecular flexibility index (Phi) is 5.23. The second kappa shape index (κ2) is 6.94. The maximum atomic E-state index is 5.64. The van der Waals surface area contributed by atoms with Crippen molar-refractivity contribution < 1.29 is 4.74 Å². The standard InChI is InChI=1S/C14H15BrOS/c15-14-3-1-2-12(10-14)4-7-16-8-5-13-6-9-17-11-13/h1-3,6,9-11H,4-5,7-8H2. The van der Waals surface area contributed by atoms with Crippen molar-refractivity contribution in [1.82, 2.24) is 0 Å². The van der Waals surface area contributed by atoms with Crippen molar-refractivity contribution >= 4 is 27.3 Å². The number of benzene rings is 1. The minimum Gasteiger partial charge on any atom is -0.381 e. The van der Waals surface area contributed by atoms with E-state index in [-0.39, 0.29) is 0 Å². The molecule has 1 aromatic carbocycles. The van der Waals surface area contributed by atoms with Crippen LogP contribution < -0.4 is 0 Å². The number of thiophene rings is 1. The van der Waals surface area contributed by atoms with E-state index in [4.69, 9.17) is 4.74 Å². The summed E-state index contributed by atoms with van der Waals surface area (Å²) in [5.41, 5.74) is 2.69. The van der Waals surface area contributed by atoms with Crippen LogP contribution >= 0.6 is 27.3 Å². The molecule has 0 aliphatic rings. The smallest absolute Gasteiger partial charge is 0.0506 e. The fourth-order valence-corrected chi connectivity index (χ4v) is 2.76. The van der Waals surface area contributed by atoms with Gasteiger partial charge in [0.05, 0.1) is 13.2 Å².